The molecule has 1 saturated carbocycles. The molecular formula is C15H14FNO3. The Balaban J connectivity index is 1.78. The second-order valence-corrected chi connectivity index (χ2v) is 5.33. The largest absolute Gasteiger partial charge is 0.481 e. The number of carbonyl (C=O) groups is 2. The molecule has 2 N–H and O–H groups in total. The Morgan fingerprint density at radius 1 is 1.10 bits per heavy atom. The molecule has 1 fully saturated rings. The fraction of sp³-hybridized carbons (Fsp3) is 0.333. The van der Waals surface area contributed by atoms with Crippen LogP contribution in [0.5, 0.6) is 0 Å². The molecule has 5 heteroatoms. The molecule has 1 aromatic rings. The quantitative estimate of drug-likeness (QED) is 0.832. The number of nitrogens with one attached hydrogen (secondary N) is 1. The molecule has 2 bridgehead atoms. The molecule has 4 nitrogen and oxygen atoms in total. The number of carboxylic acid groups (broad SMARTS) is 1. The third-order valence-electron chi connectivity index (χ3n) is 4.16. The molecule has 0 radical (unpaired) electrons. The van der Waals surface area contributed by atoms with Gasteiger partial charge in [0.15, 0.2) is 0 Å². The summed E-state index contributed by atoms with van der Waals surface area (Å²) in [6, 6.07) is 5.44. The van der Waals surface area contributed by atoms with E-state index in [1.54, 1.807) is 0 Å². The van der Waals surface area contributed by atoms with E-state index in [2.05, 4.69) is 5.32 Å². The highest BCUT2D eigenvalue weighted by molar-refractivity contribution is 5.96. The van der Waals surface area contributed by atoms with Gasteiger partial charge in [-0.2, -0.15) is 0 Å². The number of fused-ring (bicyclic) bond motifs is 2. The van der Waals surface area contributed by atoms with Crippen LogP contribution in [0.2, 0.25) is 0 Å². The van der Waals surface area contributed by atoms with Crippen LogP contribution in [0.1, 0.15) is 6.42 Å². The second kappa shape index (κ2) is 4.74. The van der Waals surface area contributed by atoms with Gasteiger partial charge < -0.3 is 10.4 Å². The van der Waals surface area contributed by atoms with Crippen molar-refractivity contribution in [2.75, 3.05) is 5.32 Å². The van der Waals surface area contributed by atoms with Crippen molar-refractivity contribution >= 4 is 17.6 Å². The van der Waals surface area contributed by atoms with Gasteiger partial charge in [0.1, 0.15) is 5.82 Å². The predicted octanol–water partition coefficient (Wildman–Crippen LogP) is 2.29. The van der Waals surface area contributed by atoms with Crippen LogP contribution in [0.3, 0.4) is 0 Å². The van der Waals surface area contributed by atoms with Crippen LogP contribution in [0.15, 0.2) is 36.4 Å². The first kappa shape index (κ1) is 12.8. The number of hydrogen-bond donors (Lipinski definition) is 2. The first-order valence-electron chi connectivity index (χ1n) is 6.54. The molecule has 0 saturated heterocycles. The first-order chi connectivity index (χ1) is 9.56. The van der Waals surface area contributed by atoms with Crippen molar-refractivity contribution in [3.63, 3.8) is 0 Å². The summed E-state index contributed by atoms with van der Waals surface area (Å²) >= 11 is 0. The molecule has 0 spiro atoms. The van der Waals surface area contributed by atoms with E-state index >= 15 is 0 Å². The van der Waals surface area contributed by atoms with Gasteiger partial charge >= 0.3 is 5.97 Å². The SMILES string of the molecule is O=C(O)[C@@H]1[C@@H](C(=O)Nc2ccc(F)cc2)[C@H]2C=C[C@H]1C2. The molecule has 0 aromatic heterocycles. The number of allylic oxidation sites excluding steroid dienone is 2. The third-order valence-corrected chi connectivity index (χ3v) is 4.16. The van der Waals surface area contributed by atoms with E-state index in [-0.39, 0.29) is 23.6 Å². The van der Waals surface area contributed by atoms with Crippen molar-refractivity contribution in [3.8, 4) is 0 Å². The average Bonchev–Trinajstić information content (AvgIpc) is 3.01. The van der Waals surface area contributed by atoms with Gasteiger partial charge in [0.25, 0.3) is 0 Å². The normalized spacial score (nSPS) is 30.4. The zero-order valence-corrected chi connectivity index (χ0v) is 10.6. The monoisotopic (exact) mass is 275 g/mol. The average molecular weight is 275 g/mol. The number of aliphatic carboxylic acids is 1. The number of anilines is 1. The lowest BCUT2D eigenvalue weighted by atomic mass is 9.82. The highest BCUT2D eigenvalue weighted by atomic mass is 19.1. The summed E-state index contributed by atoms with van der Waals surface area (Å²) < 4.78 is 12.8. The predicted molar refractivity (Wildman–Crippen MR) is 70.4 cm³/mol. The summed E-state index contributed by atoms with van der Waals surface area (Å²) in [6.45, 7) is 0. The molecule has 3 rings (SSSR count). The lowest BCUT2D eigenvalue weighted by Gasteiger charge is -2.23. The van der Waals surface area contributed by atoms with Crippen LogP contribution in [0, 0.1) is 29.5 Å². The molecule has 2 aliphatic carbocycles. The van der Waals surface area contributed by atoms with E-state index in [4.69, 9.17) is 0 Å². The van der Waals surface area contributed by atoms with Crippen LogP contribution in [-0.2, 0) is 9.59 Å². The molecule has 2 aliphatic rings. The first-order valence-corrected chi connectivity index (χ1v) is 6.54. The van der Waals surface area contributed by atoms with E-state index in [9.17, 15) is 19.1 Å². The highest BCUT2D eigenvalue weighted by Gasteiger charge is 2.51. The van der Waals surface area contributed by atoms with Crippen LogP contribution in [0.25, 0.3) is 0 Å². The lowest BCUT2D eigenvalue weighted by molar-refractivity contribution is -0.146. The highest BCUT2D eigenvalue weighted by Crippen LogP contribution is 2.48. The van der Waals surface area contributed by atoms with Gasteiger partial charge in [-0.25, -0.2) is 4.39 Å². The maximum Gasteiger partial charge on any atom is 0.307 e. The van der Waals surface area contributed by atoms with E-state index in [0.717, 1.165) is 6.42 Å². The Kier molecular flexibility index (Phi) is 3.04. The molecular weight excluding hydrogens is 261 g/mol. The number of rotatable bonds is 3. The zero-order valence-electron chi connectivity index (χ0n) is 10.6. The number of benzene rings is 1. The van der Waals surface area contributed by atoms with Gasteiger partial charge in [-0.1, -0.05) is 12.2 Å². The Labute approximate surface area is 115 Å². The molecule has 0 unspecified atom stereocenters. The molecule has 1 aromatic carbocycles. The molecule has 0 aliphatic heterocycles. The van der Waals surface area contributed by atoms with Gasteiger partial charge in [-0.05, 0) is 42.5 Å². The van der Waals surface area contributed by atoms with Crippen molar-refractivity contribution < 1.29 is 19.1 Å². The molecule has 104 valence electrons. The van der Waals surface area contributed by atoms with Crippen LogP contribution in [-0.4, -0.2) is 17.0 Å². The van der Waals surface area contributed by atoms with Crippen molar-refractivity contribution in [1.82, 2.24) is 0 Å². The number of amides is 1. The van der Waals surface area contributed by atoms with Crippen molar-refractivity contribution in [3.05, 3.63) is 42.2 Å². The minimum atomic E-state index is -0.930. The number of halogens is 1. The molecule has 1 amide bonds. The van der Waals surface area contributed by atoms with Gasteiger partial charge in [-0.3, -0.25) is 9.59 Å². The van der Waals surface area contributed by atoms with E-state index in [1.165, 1.54) is 24.3 Å². The van der Waals surface area contributed by atoms with Crippen LogP contribution in [0.4, 0.5) is 10.1 Å². The summed E-state index contributed by atoms with van der Waals surface area (Å²) in [4.78, 5) is 23.6. The summed E-state index contributed by atoms with van der Waals surface area (Å²) in [6.07, 6.45) is 4.54. The standard InChI is InChI=1S/C15H14FNO3/c16-10-3-5-11(6-4-10)17-14(18)12-8-1-2-9(7-8)13(12)15(19)20/h1-6,8-9,12-13H,7H2,(H,17,18)(H,19,20)/t8-,9-,12-,13-/m0/s1. The van der Waals surface area contributed by atoms with Gasteiger partial charge in [-0.15, -0.1) is 0 Å². The summed E-state index contributed by atoms with van der Waals surface area (Å²) in [5.41, 5.74) is 0.479. The Morgan fingerprint density at radius 3 is 2.30 bits per heavy atom. The van der Waals surface area contributed by atoms with E-state index in [1.807, 2.05) is 12.2 Å². The van der Waals surface area contributed by atoms with Gasteiger partial charge in [0.2, 0.25) is 5.91 Å². The fourth-order valence-corrected chi connectivity index (χ4v) is 3.28. The number of hydrogen-bond acceptors (Lipinski definition) is 2. The van der Waals surface area contributed by atoms with Crippen molar-refractivity contribution in [1.29, 1.82) is 0 Å². The number of carboxylic acids is 1. The minimum absolute atomic E-state index is 0.0125. The Hall–Kier alpha value is -2.17. The van der Waals surface area contributed by atoms with Crippen molar-refractivity contribution in [2.24, 2.45) is 23.7 Å². The minimum Gasteiger partial charge on any atom is -0.481 e. The maximum absolute atomic E-state index is 12.8. The summed E-state index contributed by atoms with van der Waals surface area (Å²) in [5.74, 6) is -2.89. The smallest absolute Gasteiger partial charge is 0.307 e. The fourth-order valence-electron chi connectivity index (χ4n) is 3.28. The summed E-state index contributed by atoms with van der Waals surface area (Å²) in [7, 11) is 0. The van der Waals surface area contributed by atoms with Crippen LogP contribution < -0.4 is 5.32 Å². The van der Waals surface area contributed by atoms with Gasteiger partial charge in [0.05, 0.1) is 11.8 Å². The van der Waals surface area contributed by atoms with Crippen molar-refractivity contribution in [2.45, 2.75) is 6.42 Å². The second-order valence-electron chi connectivity index (χ2n) is 5.33. The Bertz CT molecular complexity index is 581. The van der Waals surface area contributed by atoms with Gasteiger partial charge in [0, 0.05) is 5.69 Å². The topological polar surface area (TPSA) is 66.4 Å². The Morgan fingerprint density at radius 2 is 1.70 bits per heavy atom. The van der Waals surface area contributed by atoms with E-state index < -0.39 is 17.8 Å². The van der Waals surface area contributed by atoms with Crippen LogP contribution >= 0.6 is 0 Å². The molecule has 0 heterocycles. The lowest BCUT2D eigenvalue weighted by Crippen LogP contribution is -2.36. The maximum atomic E-state index is 12.8. The molecule has 20 heavy (non-hydrogen) atoms. The third kappa shape index (κ3) is 2.09. The summed E-state index contributed by atoms with van der Waals surface area (Å²) in [5, 5.41) is 12.0. The van der Waals surface area contributed by atoms with E-state index in [0.29, 0.717) is 5.69 Å². The zero-order chi connectivity index (χ0) is 14.3. The molecule has 4 atom stereocenters. The number of carbonyl (C=O) groups excluding carboxylic acids is 1.